The molecule has 8 heteroatoms. The summed E-state index contributed by atoms with van der Waals surface area (Å²) < 4.78 is 2.99. The molecule has 0 aliphatic heterocycles. The van der Waals surface area contributed by atoms with Gasteiger partial charge in [0.15, 0.2) is 0 Å². The van der Waals surface area contributed by atoms with Gasteiger partial charge in [-0.3, -0.25) is 18.8 Å². The lowest BCUT2D eigenvalue weighted by atomic mass is 10.1. The summed E-state index contributed by atoms with van der Waals surface area (Å²) in [6.45, 7) is 9.64. The maximum atomic E-state index is 13.4. The van der Waals surface area contributed by atoms with Crippen molar-refractivity contribution in [3.63, 3.8) is 0 Å². The zero-order valence-electron chi connectivity index (χ0n) is 18.7. The molecule has 0 atom stereocenters. The molecule has 3 aromatic rings. The van der Waals surface area contributed by atoms with Crippen molar-refractivity contribution in [3.05, 3.63) is 58.0 Å². The Bertz CT molecular complexity index is 1190. The summed E-state index contributed by atoms with van der Waals surface area (Å²) in [4.78, 5) is 40.3. The molecule has 0 unspecified atom stereocenters. The summed E-state index contributed by atoms with van der Waals surface area (Å²) in [5.41, 5.74) is 10.0. The highest BCUT2D eigenvalue weighted by atomic mass is 16.2. The first-order valence-corrected chi connectivity index (χ1v) is 10.3. The SMILES string of the molecule is CCN(CC)c1ccc(-n2c(=O)n(CC(=O)N(C)C(N)=O)c3cc(C)c(C)cc32)cc1. The van der Waals surface area contributed by atoms with Crippen molar-refractivity contribution in [1.29, 1.82) is 0 Å². The van der Waals surface area contributed by atoms with Gasteiger partial charge in [-0.2, -0.15) is 0 Å². The van der Waals surface area contributed by atoms with Gasteiger partial charge in [-0.25, -0.2) is 9.59 Å². The molecule has 2 N–H and O–H groups in total. The van der Waals surface area contributed by atoms with Gasteiger partial charge >= 0.3 is 11.7 Å². The van der Waals surface area contributed by atoms with Gasteiger partial charge in [0.05, 0.1) is 16.7 Å². The summed E-state index contributed by atoms with van der Waals surface area (Å²) in [5, 5.41) is 0. The Morgan fingerprint density at radius 2 is 1.52 bits per heavy atom. The number of aryl methyl sites for hydroxylation is 2. The number of nitrogens with zero attached hydrogens (tertiary/aromatic N) is 4. The van der Waals surface area contributed by atoms with Crippen molar-refractivity contribution in [2.24, 2.45) is 5.73 Å². The minimum absolute atomic E-state index is 0.276. The minimum Gasteiger partial charge on any atom is -0.372 e. The number of carbonyl (C=O) groups excluding carboxylic acids is 2. The van der Waals surface area contributed by atoms with E-state index in [0.717, 1.165) is 34.8 Å². The van der Waals surface area contributed by atoms with Crippen LogP contribution >= 0.6 is 0 Å². The van der Waals surface area contributed by atoms with Crippen molar-refractivity contribution in [2.45, 2.75) is 34.2 Å². The van der Waals surface area contributed by atoms with E-state index in [4.69, 9.17) is 5.73 Å². The summed E-state index contributed by atoms with van der Waals surface area (Å²) >= 11 is 0. The third-order valence-electron chi connectivity index (χ3n) is 5.78. The first kappa shape index (κ1) is 22.1. The second-order valence-electron chi connectivity index (χ2n) is 7.61. The van der Waals surface area contributed by atoms with Crippen LogP contribution < -0.4 is 16.3 Å². The molecule has 164 valence electrons. The van der Waals surface area contributed by atoms with E-state index in [0.29, 0.717) is 16.7 Å². The Kier molecular flexibility index (Phi) is 6.19. The molecule has 0 aliphatic rings. The zero-order valence-corrected chi connectivity index (χ0v) is 18.7. The smallest absolute Gasteiger partial charge is 0.334 e. The molecule has 0 fully saturated rings. The molecule has 0 aliphatic carbocycles. The number of imide groups is 1. The van der Waals surface area contributed by atoms with E-state index in [2.05, 4.69) is 18.7 Å². The van der Waals surface area contributed by atoms with Gasteiger partial charge in [-0.15, -0.1) is 0 Å². The maximum Gasteiger partial charge on any atom is 0.334 e. The number of anilines is 1. The largest absolute Gasteiger partial charge is 0.372 e. The lowest BCUT2D eigenvalue weighted by molar-refractivity contribution is -0.127. The second kappa shape index (κ2) is 8.67. The number of hydrogen-bond donors (Lipinski definition) is 1. The van der Waals surface area contributed by atoms with Crippen LogP contribution in [0.15, 0.2) is 41.2 Å². The van der Waals surface area contributed by atoms with E-state index in [1.165, 1.54) is 11.6 Å². The fraction of sp³-hybridized carbons (Fsp3) is 0.348. The molecular weight excluding hydrogens is 394 g/mol. The van der Waals surface area contributed by atoms with E-state index in [1.807, 2.05) is 50.2 Å². The molecule has 3 amide bonds. The molecule has 0 bridgehead atoms. The summed E-state index contributed by atoms with van der Waals surface area (Å²) in [6.07, 6.45) is 0. The number of fused-ring (bicyclic) bond motifs is 1. The van der Waals surface area contributed by atoms with Gasteiger partial charge in [0.1, 0.15) is 6.54 Å². The molecular formula is C23H29N5O3. The van der Waals surface area contributed by atoms with Crippen molar-refractivity contribution in [2.75, 3.05) is 25.0 Å². The van der Waals surface area contributed by atoms with E-state index in [1.54, 1.807) is 4.57 Å². The quantitative estimate of drug-likeness (QED) is 0.660. The van der Waals surface area contributed by atoms with Gasteiger partial charge in [0.2, 0.25) is 5.91 Å². The average Bonchev–Trinajstić information content (AvgIpc) is 3.00. The van der Waals surface area contributed by atoms with Crippen LogP contribution in [-0.4, -0.2) is 46.1 Å². The second-order valence-corrected chi connectivity index (χ2v) is 7.61. The van der Waals surface area contributed by atoms with Crippen molar-refractivity contribution < 1.29 is 9.59 Å². The Labute approximate surface area is 181 Å². The summed E-state index contributed by atoms with van der Waals surface area (Å²) in [5.74, 6) is -0.552. The average molecular weight is 424 g/mol. The zero-order chi connectivity index (χ0) is 22.9. The molecule has 2 aromatic carbocycles. The lowest BCUT2D eigenvalue weighted by Gasteiger charge is -2.21. The minimum atomic E-state index is -0.860. The molecule has 0 saturated carbocycles. The van der Waals surface area contributed by atoms with E-state index >= 15 is 0 Å². The first-order chi connectivity index (χ1) is 14.7. The van der Waals surface area contributed by atoms with Gasteiger partial charge in [-0.1, -0.05) is 0 Å². The van der Waals surface area contributed by atoms with Crippen LogP contribution in [0.1, 0.15) is 25.0 Å². The van der Waals surface area contributed by atoms with Gasteiger partial charge in [0.25, 0.3) is 0 Å². The monoisotopic (exact) mass is 423 g/mol. The Balaban J connectivity index is 2.17. The van der Waals surface area contributed by atoms with Crippen LogP contribution in [0.3, 0.4) is 0 Å². The standard InChI is InChI=1S/C23H29N5O3/c1-6-26(7-2)17-8-10-18(11-9-17)28-20-13-16(4)15(3)12-19(20)27(23(28)31)14-21(29)25(5)22(24)30/h8-13H,6-7,14H2,1-5H3,(H2,24,30). The number of rotatable bonds is 6. The normalized spacial score (nSPS) is 11.0. The Hall–Kier alpha value is -3.55. The third-order valence-corrected chi connectivity index (χ3v) is 5.78. The van der Waals surface area contributed by atoms with Crippen LogP contribution in [0.4, 0.5) is 10.5 Å². The Morgan fingerprint density at radius 3 is 2.03 bits per heavy atom. The molecule has 0 saturated heterocycles. The number of benzene rings is 2. The van der Waals surface area contributed by atoms with Crippen molar-refractivity contribution in [1.82, 2.24) is 14.0 Å². The first-order valence-electron chi connectivity index (χ1n) is 10.3. The molecule has 1 aromatic heterocycles. The highest BCUT2D eigenvalue weighted by Crippen LogP contribution is 2.24. The predicted molar refractivity (Wildman–Crippen MR) is 123 cm³/mol. The van der Waals surface area contributed by atoms with E-state index < -0.39 is 11.9 Å². The number of urea groups is 1. The summed E-state index contributed by atoms with van der Waals surface area (Å²) in [6, 6.07) is 10.8. The third kappa shape index (κ3) is 4.05. The molecule has 8 nitrogen and oxygen atoms in total. The number of imidazole rings is 1. The molecule has 0 spiro atoms. The lowest BCUT2D eigenvalue weighted by Crippen LogP contribution is -2.40. The molecule has 0 radical (unpaired) electrons. The van der Waals surface area contributed by atoms with Crippen LogP contribution in [0.5, 0.6) is 0 Å². The number of aromatic nitrogens is 2. The van der Waals surface area contributed by atoms with Gasteiger partial charge in [0, 0.05) is 25.8 Å². The highest BCUT2D eigenvalue weighted by molar-refractivity contribution is 5.94. The van der Waals surface area contributed by atoms with E-state index in [9.17, 15) is 14.4 Å². The van der Waals surface area contributed by atoms with Crippen LogP contribution in [0.2, 0.25) is 0 Å². The van der Waals surface area contributed by atoms with Crippen LogP contribution in [0, 0.1) is 13.8 Å². The number of amides is 3. The van der Waals surface area contributed by atoms with Crippen LogP contribution in [-0.2, 0) is 11.3 Å². The van der Waals surface area contributed by atoms with E-state index in [-0.39, 0.29) is 12.2 Å². The van der Waals surface area contributed by atoms with Gasteiger partial charge in [-0.05, 0) is 75.2 Å². The van der Waals surface area contributed by atoms with Crippen LogP contribution in [0.25, 0.3) is 16.7 Å². The van der Waals surface area contributed by atoms with Crippen molar-refractivity contribution in [3.8, 4) is 5.69 Å². The number of likely N-dealkylation sites (N-methyl/N-ethyl adjacent to an activating group) is 1. The topological polar surface area (TPSA) is 93.6 Å². The van der Waals surface area contributed by atoms with Crippen molar-refractivity contribution >= 4 is 28.7 Å². The fourth-order valence-corrected chi connectivity index (χ4v) is 3.68. The van der Waals surface area contributed by atoms with Gasteiger partial charge < -0.3 is 10.6 Å². The number of carbonyl (C=O) groups is 2. The predicted octanol–water partition coefficient (Wildman–Crippen LogP) is 2.79. The number of nitrogens with two attached hydrogens (primary N) is 1. The Morgan fingerprint density at radius 1 is 0.968 bits per heavy atom. The number of hydrogen-bond acceptors (Lipinski definition) is 4. The maximum absolute atomic E-state index is 13.4. The fourth-order valence-electron chi connectivity index (χ4n) is 3.68. The molecule has 1 heterocycles. The number of primary amides is 1. The molecule has 3 rings (SSSR count). The summed E-state index contributed by atoms with van der Waals surface area (Å²) in [7, 11) is 1.30. The molecule has 31 heavy (non-hydrogen) atoms. The highest BCUT2D eigenvalue weighted by Gasteiger charge is 2.21.